The van der Waals surface area contributed by atoms with E-state index in [1.807, 2.05) is 48.6 Å². The molecule has 5 nitrogen and oxygen atoms in total. The van der Waals surface area contributed by atoms with Gasteiger partial charge < -0.3 is 23.7 Å². The van der Waals surface area contributed by atoms with Crippen LogP contribution in [0.5, 0.6) is 23.0 Å². The minimum absolute atomic E-state index is 0.220. The Balaban J connectivity index is 1.47. The monoisotopic (exact) mass is 394 g/mol. The molecule has 2 aliphatic heterocycles. The lowest BCUT2D eigenvalue weighted by Gasteiger charge is -2.14. The molecule has 2 fully saturated rings. The van der Waals surface area contributed by atoms with Crippen LogP contribution in [-0.4, -0.2) is 38.6 Å². The number of hydrogen-bond donors (Lipinski definition) is 0. The van der Waals surface area contributed by atoms with E-state index in [9.17, 15) is 0 Å². The average molecular weight is 394 g/mol. The summed E-state index contributed by atoms with van der Waals surface area (Å²) in [4.78, 5) is 0. The fourth-order valence-corrected chi connectivity index (χ4v) is 2.98. The van der Waals surface area contributed by atoms with E-state index in [-0.39, 0.29) is 12.2 Å². The Morgan fingerprint density at radius 2 is 1.24 bits per heavy atom. The van der Waals surface area contributed by atoms with E-state index in [1.165, 1.54) is 0 Å². The number of allylic oxidation sites excluding steroid dienone is 2. The van der Waals surface area contributed by atoms with Crippen LogP contribution >= 0.6 is 0 Å². The Labute approximate surface area is 171 Å². The van der Waals surface area contributed by atoms with Gasteiger partial charge in [0.05, 0.1) is 13.2 Å². The first-order valence-corrected chi connectivity index (χ1v) is 9.89. The Kier molecular flexibility index (Phi) is 6.17. The zero-order valence-electron chi connectivity index (χ0n) is 16.5. The summed E-state index contributed by atoms with van der Waals surface area (Å²) in [7, 11) is 0. The highest BCUT2D eigenvalue weighted by Gasteiger charge is 2.24. The highest BCUT2D eigenvalue weighted by molar-refractivity contribution is 5.46. The predicted molar refractivity (Wildman–Crippen MR) is 111 cm³/mol. The summed E-state index contributed by atoms with van der Waals surface area (Å²) < 4.78 is 28.3. The van der Waals surface area contributed by atoms with Gasteiger partial charge in [0, 0.05) is 11.1 Å². The van der Waals surface area contributed by atoms with E-state index >= 15 is 0 Å². The van der Waals surface area contributed by atoms with E-state index in [0.717, 1.165) is 47.3 Å². The standard InChI is InChI=1S/C24H26O5/c1-3-5-17-11-19(7-9-23(17)27-15-21-13-25-21)29-20-8-10-24(18(12-20)6-4-2)28-16-22-14-26-22/h3-4,7-12,21-22H,1-2,5-6,13-16H2. The van der Waals surface area contributed by atoms with Crippen molar-refractivity contribution in [2.45, 2.75) is 25.0 Å². The molecular weight excluding hydrogens is 368 g/mol. The Bertz CT molecular complexity index is 796. The highest BCUT2D eigenvalue weighted by Crippen LogP contribution is 2.32. The van der Waals surface area contributed by atoms with E-state index in [0.29, 0.717) is 26.1 Å². The summed E-state index contributed by atoms with van der Waals surface area (Å²) in [6.45, 7) is 10.4. The molecule has 4 rings (SSSR count). The van der Waals surface area contributed by atoms with Crippen molar-refractivity contribution in [1.82, 2.24) is 0 Å². The maximum atomic E-state index is 6.11. The summed E-state index contributed by atoms with van der Waals surface area (Å²) >= 11 is 0. The minimum atomic E-state index is 0.220. The number of ether oxygens (including phenoxy) is 5. The van der Waals surface area contributed by atoms with Crippen molar-refractivity contribution >= 4 is 0 Å². The first-order valence-electron chi connectivity index (χ1n) is 9.89. The Morgan fingerprint density at radius 3 is 1.62 bits per heavy atom. The molecule has 0 N–H and O–H groups in total. The number of hydrogen-bond acceptors (Lipinski definition) is 5. The first-order chi connectivity index (χ1) is 14.2. The fourth-order valence-electron chi connectivity index (χ4n) is 2.98. The average Bonchev–Trinajstić information content (AvgIpc) is 3.62. The summed E-state index contributed by atoms with van der Waals surface area (Å²) in [5.41, 5.74) is 2.07. The predicted octanol–water partition coefficient (Wildman–Crippen LogP) is 4.49. The second-order valence-corrected chi connectivity index (χ2v) is 7.16. The van der Waals surface area contributed by atoms with Gasteiger partial charge in [-0.15, -0.1) is 13.2 Å². The molecule has 2 unspecified atom stereocenters. The van der Waals surface area contributed by atoms with Gasteiger partial charge in [-0.1, -0.05) is 12.2 Å². The molecule has 2 atom stereocenters. The molecule has 2 aliphatic rings. The van der Waals surface area contributed by atoms with Crippen LogP contribution in [0.4, 0.5) is 0 Å². The summed E-state index contributed by atoms with van der Waals surface area (Å²) in [6.07, 6.45) is 5.57. The molecule has 0 bridgehead atoms. The largest absolute Gasteiger partial charge is 0.490 e. The molecular formula is C24H26O5. The van der Waals surface area contributed by atoms with E-state index < -0.39 is 0 Å². The lowest BCUT2D eigenvalue weighted by Crippen LogP contribution is -2.06. The van der Waals surface area contributed by atoms with Gasteiger partial charge in [-0.2, -0.15) is 0 Å². The zero-order valence-corrected chi connectivity index (χ0v) is 16.5. The van der Waals surface area contributed by atoms with Crippen LogP contribution in [-0.2, 0) is 22.3 Å². The van der Waals surface area contributed by atoms with Gasteiger partial charge >= 0.3 is 0 Å². The van der Waals surface area contributed by atoms with E-state index in [1.54, 1.807) is 0 Å². The normalized spacial score (nSPS) is 19.3. The van der Waals surface area contributed by atoms with Gasteiger partial charge in [-0.05, 0) is 49.2 Å². The van der Waals surface area contributed by atoms with Gasteiger partial charge in [0.15, 0.2) is 0 Å². The quantitative estimate of drug-likeness (QED) is 0.392. The summed E-state index contributed by atoms with van der Waals surface area (Å²) in [5.74, 6) is 3.18. The third-order valence-electron chi connectivity index (χ3n) is 4.68. The van der Waals surface area contributed by atoms with E-state index in [4.69, 9.17) is 23.7 Å². The van der Waals surface area contributed by atoms with Crippen LogP contribution in [0, 0.1) is 0 Å². The third-order valence-corrected chi connectivity index (χ3v) is 4.68. The van der Waals surface area contributed by atoms with Crippen LogP contribution in [0.3, 0.4) is 0 Å². The van der Waals surface area contributed by atoms with Crippen molar-refractivity contribution in [3.63, 3.8) is 0 Å². The molecule has 2 heterocycles. The summed E-state index contributed by atoms with van der Waals surface area (Å²) in [6, 6.07) is 11.7. The molecule has 0 aromatic heterocycles. The summed E-state index contributed by atoms with van der Waals surface area (Å²) in [5, 5.41) is 0. The van der Waals surface area contributed by atoms with Crippen LogP contribution < -0.4 is 14.2 Å². The molecule has 29 heavy (non-hydrogen) atoms. The minimum Gasteiger partial charge on any atom is -0.490 e. The van der Waals surface area contributed by atoms with Crippen molar-refractivity contribution in [2.75, 3.05) is 26.4 Å². The third kappa shape index (κ3) is 5.62. The highest BCUT2D eigenvalue weighted by atomic mass is 16.6. The molecule has 2 saturated heterocycles. The van der Waals surface area contributed by atoms with Crippen molar-refractivity contribution in [3.8, 4) is 23.0 Å². The van der Waals surface area contributed by atoms with Gasteiger partial charge in [-0.3, -0.25) is 0 Å². The van der Waals surface area contributed by atoms with Crippen LogP contribution in [0.25, 0.3) is 0 Å². The first kappa shape index (κ1) is 19.6. The van der Waals surface area contributed by atoms with E-state index in [2.05, 4.69) is 13.2 Å². The van der Waals surface area contributed by atoms with Crippen LogP contribution in [0.2, 0.25) is 0 Å². The van der Waals surface area contributed by atoms with Crippen molar-refractivity contribution in [3.05, 3.63) is 72.8 Å². The van der Waals surface area contributed by atoms with Crippen LogP contribution in [0.1, 0.15) is 11.1 Å². The maximum Gasteiger partial charge on any atom is 0.127 e. The molecule has 0 saturated carbocycles. The molecule has 0 spiro atoms. The number of epoxide rings is 2. The molecule has 0 aliphatic carbocycles. The molecule has 0 radical (unpaired) electrons. The topological polar surface area (TPSA) is 52.8 Å². The lowest BCUT2D eigenvalue weighted by atomic mass is 10.1. The van der Waals surface area contributed by atoms with Gasteiger partial charge in [0.1, 0.15) is 48.4 Å². The molecule has 0 amide bonds. The smallest absolute Gasteiger partial charge is 0.127 e. The van der Waals surface area contributed by atoms with Crippen molar-refractivity contribution in [2.24, 2.45) is 0 Å². The molecule has 2 aromatic carbocycles. The number of rotatable bonds is 12. The van der Waals surface area contributed by atoms with Gasteiger partial charge in [0.2, 0.25) is 0 Å². The van der Waals surface area contributed by atoms with Crippen LogP contribution in [0.15, 0.2) is 61.7 Å². The van der Waals surface area contributed by atoms with Crippen molar-refractivity contribution < 1.29 is 23.7 Å². The van der Waals surface area contributed by atoms with Crippen molar-refractivity contribution in [1.29, 1.82) is 0 Å². The zero-order chi connectivity index (χ0) is 20.1. The molecule has 2 aromatic rings. The van der Waals surface area contributed by atoms with Gasteiger partial charge in [-0.25, -0.2) is 0 Å². The Morgan fingerprint density at radius 1 is 0.793 bits per heavy atom. The fraction of sp³-hybridized carbons (Fsp3) is 0.333. The molecule has 5 heteroatoms. The lowest BCUT2D eigenvalue weighted by molar-refractivity contribution is 0.261. The Hall–Kier alpha value is -2.76. The maximum absolute atomic E-state index is 6.11. The second-order valence-electron chi connectivity index (χ2n) is 7.16. The number of benzene rings is 2. The van der Waals surface area contributed by atoms with Gasteiger partial charge in [0.25, 0.3) is 0 Å². The second kappa shape index (κ2) is 9.16. The molecule has 152 valence electrons. The SMILES string of the molecule is C=CCc1cc(Oc2ccc(OCC3CO3)c(CC=C)c2)ccc1OCC1CO1.